The Morgan fingerprint density at radius 3 is 2.50 bits per heavy atom. The molecule has 0 aromatic heterocycles. The number of aliphatic hydroxyl groups is 1. The molecular weight excluding hydrogens is 268 g/mol. The molecule has 0 bridgehead atoms. The first-order valence-corrected chi connectivity index (χ1v) is 6.44. The number of hydrogen-bond donors (Lipinski definition) is 2. The molecule has 0 heterocycles. The summed E-state index contributed by atoms with van der Waals surface area (Å²) in [4.78, 5) is 0. The zero-order valence-corrected chi connectivity index (χ0v) is 11.9. The maximum atomic E-state index is 12.3. The van der Waals surface area contributed by atoms with Crippen LogP contribution in [-0.4, -0.2) is 31.5 Å². The maximum Gasteiger partial charge on any atom is 0.387 e. The monoisotopic (exact) mass is 289 g/mol. The number of nitrogens with one attached hydrogen (secondary N) is 1. The molecule has 1 aromatic carbocycles. The smallest absolute Gasteiger partial charge is 0.387 e. The summed E-state index contributed by atoms with van der Waals surface area (Å²) in [6.45, 7) is 1.85. The largest absolute Gasteiger partial charge is 0.493 e. The van der Waals surface area contributed by atoms with Crippen LogP contribution in [0.15, 0.2) is 18.2 Å². The molecule has 1 unspecified atom stereocenters. The number of halogens is 2. The minimum absolute atomic E-state index is 0.00575. The van der Waals surface area contributed by atoms with Crippen LogP contribution in [0.1, 0.15) is 19.4 Å². The van der Waals surface area contributed by atoms with Crippen molar-refractivity contribution in [2.75, 3.05) is 13.7 Å². The number of hydrogen-bond acceptors (Lipinski definition) is 4. The molecule has 2 N–H and O–H groups in total. The molecular formula is C14H21F2NO3. The average Bonchev–Trinajstić information content (AvgIpc) is 2.38. The fourth-order valence-corrected chi connectivity index (χ4v) is 1.62. The summed E-state index contributed by atoms with van der Waals surface area (Å²) < 4.78 is 33.9. The third kappa shape index (κ3) is 5.30. The van der Waals surface area contributed by atoms with Gasteiger partial charge in [0.2, 0.25) is 0 Å². The normalized spacial score (nSPS) is 12.8. The fraction of sp³-hybridized carbons (Fsp3) is 0.571. The molecule has 114 valence electrons. The van der Waals surface area contributed by atoms with Crippen molar-refractivity contribution < 1.29 is 23.4 Å². The second-order valence-electron chi connectivity index (χ2n) is 4.81. The van der Waals surface area contributed by atoms with Crippen molar-refractivity contribution in [1.29, 1.82) is 0 Å². The Bertz CT molecular complexity index is 413. The highest BCUT2D eigenvalue weighted by molar-refractivity contribution is 5.42. The van der Waals surface area contributed by atoms with Gasteiger partial charge in [-0.3, -0.25) is 0 Å². The molecule has 0 saturated heterocycles. The molecule has 1 atom stereocenters. The van der Waals surface area contributed by atoms with Crippen LogP contribution in [0.3, 0.4) is 0 Å². The van der Waals surface area contributed by atoms with Crippen LogP contribution in [0, 0.1) is 5.92 Å². The van der Waals surface area contributed by atoms with Crippen LogP contribution in [0.2, 0.25) is 0 Å². The Labute approximate surface area is 117 Å². The summed E-state index contributed by atoms with van der Waals surface area (Å²) in [7, 11) is 1.39. The Morgan fingerprint density at radius 2 is 1.95 bits per heavy atom. The number of rotatable bonds is 8. The summed E-state index contributed by atoms with van der Waals surface area (Å²) in [5.74, 6) is 0.429. The summed E-state index contributed by atoms with van der Waals surface area (Å²) in [6.07, 6.45) is -0.440. The van der Waals surface area contributed by atoms with E-state index in [1.807, 2.05) is 13.8 Å². The second kappa shape index (κ2) is 8.01. The molecule has 0 amide bonds. The van der Waals surface area contributed by atoms with Crippen molar-refractivity contribution in [3.63, 3.8) is 0 Å². The van der Waals surface area contributed by atoms with Crippen LogP contribution in [-0.2, 0) is 6.54 Å². The quantitative estimate of drug-likeness (QED) is 0.771. The van der Waals surface area contributed by atoms with Crippen molar-refractivity contribution >= 4 is 0 Å². The Morgan fingerprint density at radius 1 is 1.25 bits per heavy atom. The molecule has 0 spiro atoms. The summed E-state index contributed by atoms with van der Waals surface area (Å²) in [6, 6.07) is 4.83. The van der Waals surface area contributed by atoms with E-state index in [1.54, 1.807) is 12.1 Å². The van der Waals surface area contributed by atoms with E-state index in [1.165, 1.54) is 13.2 Å². The average molecular weight is 289 g/mol. The first-order valence-electron chi connectivity index (χ1n) is 6.44. The van der Waals surface area contributed by atoms with Gasteiger partial charge < -0.3 is 19.9 Å². The molecule has 1 aromatic rings. The first-order chi connectivity index (χ1) is 9.43. The molecule has 0 saturated carbocycles. The lowest BCUT2D eigenvalue weighted by molar-refractivity contribution is -0.0512. The van der Waals surface area contributed by atoms with Crippen LogP contribution in [0.25, 0.3) is 0 Å². The minimum atomic E-state index is -2.89. The number of benzene rings is 1. The number of methoxy groups -OCH3 is 1. The molecule has 0 fully saturated rings. The van der Waals surface area contributed by atoms with Crippen LogP contribution < -0.4 is 14.8 Å². The van der Waals surface area contributed by atoms with Gasteiger partial charge in [0, 0.05) is 13.1 Å². The molecule has 20 heavy (non-hydrogen) atoms. The van der Waals surface area contributed by atoms with E-state index in [4.69, 9.17) is 4.74 Å². The van der Waals surface area contributed by atoms with Gasteiger partial charge in [0.15, 0.2) is 11.5 Å². The van der Waals surface area contributed by atoms with Gasteiger partial charge in [-0.1, -0.05) is 19.9 Å². The third-order valence-electron chi connectivity index (χ3n) is 2.90. The van der Waals surface area contributed by atoms with E-state index in [0.717, 1.165) is 5.56 Å². The number of ether oxygens (including phenoxy) is 2. The van der Waals surface area contributed by atoms with Crippen molar-refractivity contribution in [1.82, 2.24) is 5.32 Å². The van der Waals surface area contributed by atoms with Crippen LogP contribution in [0.5, 0.6) is 11.5 Å². The molecule has 1 rings (SSSR count). The lowest BCUT2D eigenvalue weighted by Crippen LogP contribution is -2.30. The topological polar surface area (TPSA) is 50.7 Å². The van der Waals surface area contributed by atoms with E-state index >= 15 is 0 Å². The number of aliphatic hydroxyl groups excluding tert-OH is 1. The lowest BCUT2D eigenvalue weighted by Gasteiger charge is -2.16. The maximum absolute atomic E-state index is 12.3. The Balaban J connectivity index is 2.62. The minimum Gasteiger partial charge on any atom is -0.493 e. The van der Waals surface area contributed by atoms with Gasteiger partial charge in [-0.05, 0) is 23.6 Å². The predicted molar refractivity (Wildman–Crippen MR) is 72.2 cm³/mol. The molecule has 6 heteroatoms. The SMILES string of the molecule is COc1ccc(CNCC(O)C(C)C)cc1OC(F)F. The third-order valence-corrected chi connectivity index (χ3v) is 2.90. The standard InChI is InChI=1S/C14H21F2NO3/c1-9(2)11(18)8-17-7-10-4-5-12(19-3)13(6-10)20-14(15)16/h4-6,9,11,14,17-18H,7-8H2,1-3H3. The predicted octanol–water partition coefficient (Wildman–Crippen LogP) is 2.40. The molecule has 0 aliphatic rings. The van der Waals surface area contributed by atoms with E-state index < -0.39 is 12.7 Å². The number of alkyl halides is 2. The van der Waals surface area contributed by atoms with Crippen molar-refractivity contribution in [2.24, 2.45) is 5.92 Å². The van der Waals surface area contributed by atoms with Crippen molar-refractivity contribution in [2.45, 2.75) is 33.1 Å². The van der Waals surface area contributed by atoms with Crippen LogP contribution >= 0.6 is 0 Å². The highest BCUT2D eigenvalue weighted by atomic mass is 19.3. The van der Waals surface area contributed by atoms with Gasteiger partial charge in [-0.2, -0.15) is 8.78 Å². The van der Waals surface area contributed by atoms with Crippen molar-refractivity contribution in [3.05, 3.63) is 23.8 Å². The highest BCUT2D eigenvalue weighted by Crippen LogP contribution is 2.29. The zero-order chi connectivity index (χ0) is 15.1. The molecule has 0 aliphatic carbocycles. The Kier molecular flexibility index (Phi) is 6.67. The first kappa shape index (κ1) is 16.7. The van der Waals surface area contributed by atoms with Gasteiger partial charge in [-0.25, -0.2) is 0 Å². The lowest BCUT2D eigenvalue weighted by atomic mass is 10.1. The zero-order valence-electron chi connectivity index (χ0n) is 11.9. The van der Waals surface area contributed by atoms with E-state index in [0.29, 0.717) is 13.1 Å². The fourth-order valence-electron chi connectivity index (χ4n) is 1.62. The van der Waals surface area contributed by atoms with Gasteiger partial charge in [-0.15, -0.1) is 0 Å². The van der Waals surface area contributed by atoms with Crippen LogP contribution in [0.4, 0.5) is 8.78 Å². The van der Waals surface area contributed by atoms with Crippen molar-refractivity contribution in [3.8, 4) is 11.5 Å². The van der Waals surface area contributed by atoms with Gasteiger partial charge in [0.1, 0.15) is 0 Å². The highest BCUT2D eigenvalue weighted by Gasteiger charge is 2.12. The van der Waals surface area contributed by atoms with Gasteiger partial charge in [0.25, 0.3) is 0 Å². The van der Waals surface area contributed by atoms with Gasteiger partial charge >= 0.3 is 6.61 Å². The molecule has 0 radical (unpaired) electrons. The van der Waals surface area contributed by atoms with Gasteiger partial charge in [0.05, 0.1) is 13.2 Å². The Hall–Kier alpha value is -1.40. The molecule has 4 nitrogen and oxygen atoms in total. The summed E-state index contributed by atoms with van der Waals surface area (Å²) in [5, 5.41) is 12.7. The van der Waals surface area contributed by atoms with E-state index in [9.17, 15) is 13.9 Å². The molecule has 0 aliphatic heterocycles. The summed E-state index contributed by atoms with van der Waals surface area (Å²) >= 11 is 0. The second-order valence-corrected chi connectivity index (χ2v) is 4.81. The van der Waals surface area contributed by atoms with E-state index in [-0.39, 0.29) is 17.4 Å². The summed E-state index contributed by atoms with van der Waals surface area (Å²) in [5.41, 5.74) is 0.775. The van der Waals surface area contributed by atoms with E-state index in [2.05, 4.69) is 10.1 Å².